The number of aromatic nitrogens is 2. The van der Waals surface area contributed by atoms with E-state index >= 15 is 0 Å². The van der Waals surface area contributed by atoms with Gasteiger partial charge in [-0.2, -0.15) is 0 Å². The number of rotatable bonds is 3. The van der Waals surface area contributed by atoms with E-state index in [0.29, 0.717) is 24.5 Å². The molecular weight excluding hydrogens is 276 g/mol. The molecule has 1 aliphatic rings. The van der Waals surface area contributed by atoms with Gasteiger partial charge >= 0.3 is 0 Å². The van der Waals surface area contributed by atoms with Crippen LogP contribution in [0, 0.1) is 17.6 Å². The fraction of sp³-hybridized carbons (Fsp3) is 0.333. The number of nitrogens with one attached hydrogen (secondary N) is 1. The number of carbonyl (C=O) groups excluding carboxylic acids is 1. The van der Waals surface area contributed by atoms with Crippen molar-refractivity contribution >= 4 is 11.9 Å². The molecule has 2 heterocycles. The van der Waals surface area contributed by atoms with Gasteiger partial charge in [-0.1, -0.05) is 6.07 Å². The number of H-pyrrole nitrogens is 1. The number of aromatic amines is 1. The number of imidazole rings is 1. The lowest BCUT2D eigenvalue weighted by Crippen LogP contribution is -2.42. The number of piperidine rings is 1. The van der Waals surface area contributed by atoms with Gasteiger partial charge in [0.05, 0.1) is 0 Å². The zero-order chi connectivity index (χ0) is 14.8. The Bertz CT molecular complexity index is 642. The minimum atomic E-state index is -0.876. The van der Waals surface area contributed by atoms with Crippen molar-refractivity contribution in [1.82, 2.24) is 9.97 Å². The van der Waals surface area contributed by atoms with E-state index in [4.69, 9.17) is 0 Å². The maximum atomic E-state index is 13.2. The van der Waals surface area contributed by atoms with Gasteiger partial charge < -0.3 is 4.98 Å². The van der Waals surface area contributed by atoms with Crippen LogP contribution < -0.4 is 4.90 Å². The SMILES string of the molecule is O=C1C(Cc2ccc(F)c(F)c2)CCCN1c1ncc[nH]1. The second-order valence-corrected chi connectivity index (χ2v) is 5.19. The summed E-state index contributed by atoms with van der Waals surface area (Å²) < 4.78 is 26.2. The topological polar surface area (TPSA) is 49.0 Å². The first-order chi connectivity index (χ1) is 10.1. The third kappa shape index (κ3) is 2.79. The van der Waals surface area contributed by atoms with Crippen LogP contribution in [0.4, 0.5) is 14.7 Å². The number of halogens is 2. The third-order valence-corrected chi connectivity index (χ3v) is 3.76. The van der Waals surface area contributed by atoms with Gasteiger partial charge in [-0.25, -0.2) is 13.8 Å². The van der Waals surface area contributed by atoms with E-state index in [-0.39, 0.29) is 11.8 Å². The molecule has 1 amide bonds. The number of anilines is 1. The number of amides is 1. The van der Waals surface area contributed by atoms with Crippen molar-refractivity contribution in [2.75, 3.05) is 11.4 Å². The van der Waals surface area contributed by atoms with Crippen molar-refractivity contribution in [2.24, 2.45) is 5.92 Å². The van der Waals surface area contributed by atoms with Gasteiger partial charge in [0.2, 0.25) is 11.9 Å². The number of benzene rings is 1. The second kappa shape index (κ2) is 5.63. The van der Waals surface area contributed by atoms with Crippen molar-refractivity contribution < 1.29 is 13.6 Å². The number of hydrogen-bond donors (Lipinski definition) is 1. The lowest BCUT2D eigenvalue weighted by molar-refractivity contribution is -0.123. The highest BCUT2D eigenvalue weighted by atomic mass is 19.2. The summed E-state index contributed by atoms with van der Waals surface area (Å²) in [6.07, 6.45) is 5.28. The van der Waals surface area contributed by atoms with E-state index < -0.39 is 11.6 Å². The van der Waals surface area contributed by atoms with Crippen LogP contribution in [0.15, 0.2) is 30.6 Å². The first kappa shape index (κ1) is 13.7. The van der Waals surface area contributed by atoms with Crippen LogP contribution >= 0.6 is 0 Å². The highest BCUT2D eigenvalue weighted by Gasteiger charge is 2.30. The summed E-state index contributed by atoms with van der Waals surface area (Å²) in [5.41, 5.74) is 0.633. The predicted octanol–water partition coefficient (Wildman–Crippen LogP) is 2.67. The Balaban J connectivity index is 1.76. The Morgan fingerprint density at radius 3 is 2.90 bits per heavy atom. The molecule has 1 N–H and O–H groups in total. The summed E-state index contributed by atoms with van der Waals surface area (Å²) in [5.74, 6) is -1.46. The smallest absolute Gasteiger partial charge is 0.232 e. The van der Waals surface area contributed by atoms with Crippen molar-refractivity contribution in [3.8, 4) is 0 Å². The van der Waals surface area contributed by atoms with Gasteiger partial charge in [0.1, 0.15) is 0 Å². The molecule has 0 spiro atoms. The van der Waals surface area contributed by atoms with Gasteiger partial charge in [-0.15, -0.1) is 0 Å². The van der Waals surface area contributed by atoms with Crippen molar-refractivity contribution in [3.05, 3.63) is 47.8 Å². The summed E-state index contributed by atoms with van der Waals surface area (Å²) in [5, 5.41) is 0. The Morgan fingerprint density at radius 1 is 1.33 bits per heavy atom. The summed E-state index contributed by atoms with van der Waals surface area (Å²) in [6.45, 7) is 0.626. The van der Waals surface area contributed by atoms with Crippen LogP contribution in [0.2, 0.25) is 0 Å². The van der Waals surface area contributed by atoms with Crippen LogP contribution in [0.3, 0.4) is 0 Å². The zero-order valence-electron chi connectivity index (χ0n) is 11.4. The predicted molar refractivity (Wildman–Crippen MR) is 73.7 cm³/mol. The van der Waals surface area contributed by atoms with Crippen LogP contribution in [0.25, 0.3) is 0 Å². The first-order valence-corrected chi connectivity index (χ1v) is 6.90. The Morgan fingerprint density at radius 2 is 2.19 bits per heavy atom. The molecule has 3 rings (SSSR count). The van der Waals surface area contributed by atoms with E-state index in [2.05, 4.69) is 9.97 Å². The van der Waals surface area contributed by atoms with Crippen molar-refractivity contribution in [1.29, 1.82) is 0 Å². The van der Waals surface area contributed by atoms with Crippen LogP contribution in [-0.4, -0.2) is 22.4 Å². The molecule has 6 heteroatoms. The van der Waals surface area contributed by atoms with Gasteiger partial charge in [0.25, 0.3) is 0 Å². The first-order valence-electron chi connectivity index (χ1n) is 6.90. The molecule has 21 heavy (non-hydrogen) atoms. The van der Waals surface area contributed by atoms with E-state index in [9.17, 15) is 13.6 Å². The third-order valence-electron chi connectivity index (χ3n) is 3.76. The number of hydrogen-bond acceptors (Lipinski definition) is 2. The van der Waals surface area contributed by atoms with Crippen molar-refractivity contribution in [3.63, 3.8) is 0 Å². The molecule has 0 bridgehead atoms. The molecule has 0 aliphatic carbocycles. The second-order valence-electron chi connectivity index (χ2n) is 5.19. The largest absolute Gasteiger partial charge is 0.331 e. The van der Waals surface area contributed by atoms with Gasteiger partial charge in [0, 0.05) is 24.9 Å². The molecule has 1 aliphatic heterocycles. The molecule has 1 unspecified atom stereocenters. The normalized spacial score (nSPS) is 19.0. The molecule has 1 atom stereocenters. The lowest BCUT2D eigenvalue weighted by Gasteiger charge is -2.30. The molecule has 1 aromatic carbocycles. The fourth-order valence-corrected chi connectivity index (χ4v) is 2.71. The lowest BCUT2D eigenvalue weighted by atomic mass is 9.90. The van der Waals surface area contributed by atoms with Gasteiger partial charge in [0.15, 0.2) is 11.6 Å². The van der Waals surface area contributed by atoms with Crippen LogP contribution in [-0.2, 0) is 11.2 Å². The summed E-state index contributed by atoms with van der Waals surface area (Å²) >= 11 is 0. The molecule has 1 aromatic heterocycles. The quantitative estimate of drug-likeness (QED) is 0.945. The summed E-state index contributed by atoms with van der Waals surface area (Å²) in [4.78, 5) is 21.1. The maximum Gasteiger partial charge on any atom is 0.232 e. The monoisotopic (exact) mass is 291 g/mol. The van der Waals surface area contributed by atoms with E-state index in [1.54, 1.807) is 17.3 Å². The maximum absolute atomic E-state index is 13.2. The van der Waals surface area contributed by atoms with E-state index in [1.807, 2.05) is 0 Å². The average Bonchev–Trinajstić information content (AvgIpc) is 2.99. The Hall–Kier alpha value is -2.24. The minimum Gasteiger partial charge on any atom is -0.331 e. The van der Waals surface area contributed by atoms with E-state index in [0.717, 1.165) is 25.0 Å². The molecule has 110 valence electrons. The fourth-order valence-electron chi connectivity index (χ4n) is 2.71. The molecule has 4 nitrogen and oxygen atoms in total. The molecule has 2 aromatic rings. The van der Waals surface area contributed by atoms with Gasteiger partial charge in [-0.05, 0) is 37.0 Å². The highest BCUT2D eigenvalue weighted by molar-refractivity contribution is 5.94. The molecule has 0 radical (unpaired) electrons. The standard InChI is InChI=1S/C15H15F2N3O/c16-12-4-3-10(9-13(12)17)8-11-2-1-7-20(14(11)21)15-18-5-6-19-15/h3-6,9,11H,1-2,7-8H2,(H,18,19). The zero-order valence-corrected chi connectivity index (χ0v) is 11.4. The minimum absolute atomic E-state index is 0.0269. The van der Waals surface area contributed by atoms with Crippen LogP contribution in [0.5, 0.6) is 0 Å². The highest BCUT2D eigenvalue weighted by Crippen LogP contribution is 2.25. The Labute approximate surface area is 120 Å². The Kier molecular flexibility index (Phi) is 3.68. The molecule has 0 saturated carbocycles. The van der Waals surface area contributed by atoms with Crippen molar-refractivity contribution in [2.45, 2.75) is 19.3 Å². The molecule has 1 saturated heterocycles. The van der Waals surface area contributed by atoms with Crippen LogP contribution in [0.1, 0.15) is 18.4 Å². The molecule has 1 fully saturated rings. The van der Waals surface area contributed by atoms with E-state index in [1.165, 1.54) is 6.07 Å². The summed E-state index contributed by atoms with van der Waals surface area (Å²) in [6, 6.07) is 3.79. The molecular formula is C15H15F2N3O. The number of carbonyl (C=O) groups is 1. The number of nitrogens with zero attached hydrogens (tertiary/aromatic N) is 2. The summed E-state index contributed by atoms with van der Waals surface area (Å²) in [7, 11) is 0. The average molecular weight is 291 g/mol. The van der Waals surface area contributed by atoms with Gasteiger partial charge in [-0.3, -0.25) is 9.69 Å².